The first-order chi connectivity index (χ1) is 11.5. The van der Waals surface area contributed by atoms with E-state index < -0.39 is 5.97 Å². The van der Waals surface area contributed by atoms with Gasteiger partial charge < -0.3 is 20.4 Å². The first-order valence-corrected chi connectivity index (χ1v) is 7.02. The summed E-state index contributed by atoms with van der Waals surface area (Å²) in [5.74, 6) is -2.04. The second kappa shape index (κ2) is 5.92. The Morgan fingerprint density at radius 1 is 0.917 bits per heavy atom. The Morgan fingerprint density at radius 3 is 2.38 bits per heavy atom. The summed E-state index contributed by atoms with van der Waals surface area (Å²) < 4.78 is 0. The molecular formula is C18H13NO5. The Bertz CT molecular complexity index is 979. The van der Waals surface area contributed by atoms with Crippen molar-refractivity contribution in [3.63, 3.8) is 0 Å². The minimum atomic E-state index is -1.23. The lowest BCUT2D eigenvalue weighted by Gasteiger charge is -2.05. The van der Waals surface area contributed by atoms with Gasteiger partial charge in [0.1, 0.15) is 11.1 Å². The maximum Gasteiger partial charge on any atom is 0.339 e. The molecule has 0 aliphatic heterocycles. The molecule has 0 fully saturated rings. The highest BCUT2D eigenvalue weighted by atomic mass is 16.4. The molecular weight excluding hydrogens is 310 g/mol. The number of pyridine rings is 1. The Morgan fingerprint density at radius 2 is 1.67 bits per heavy atom. The number of benzene rings is 2. The van der Waals surface area contributed by atoms with Gasteiger partial charge in [-0.15, -0.1) is 0 Å². The fourth-order valence-electron chi connectivity index (χ4n) is 2.28. The zero-order valence-corrected chi connectivity index (χ0v) is 12.3. The van der Waals surface area contributed by atoms with Crippen molar-refractivity contribution in [2.75, 3.05) is 0 Å². The summed E-state index contributed by atoms with van der Waals surface area (Å²) in [5, 5.41) is 38.5. The Hall–Kier alpha value is -3.54. The molecule has 1 heterocycles. The molecule has 2 aromatic carbocycles. The lowest BCUT2D eigenvalue weighted by atomic mass is 10.1. The van der Waals surface area contributed by atoms with Crippen LogP contribution in [-0.4, -0.2) is 31.4 Å². The number of hydrogen-bond acceptors (Lipinski definition) is 5. The largest absolute Gasteiger partial charge is 0.505 e. The average molecular weight is 323 g/mol. The van der Waals surface area contributed by atoms with Crippen LogP contribution in [0.5, 0.6) is 17.2 Å². The SMILES string of the molecule is O=C(O)c1ccc2ccc(/C=C/c3ccc(O)c(O)c3)nc2c1O. The number of aromatic hydroxyl groups is 3. The molecule has 4 N–H and O–H groups in total. The molecule has 6 heteroatoms. The van der Waals surface area contributed by atoms with Crippen LogP contribution in [0, 0.1) is 0 Å². The van der Waals surface area contributed by atoms with Crippen molar-refractivity contribution < 1.29 is 25.2 Å². The second-order valence-electron chi connectivity index (χ2n) is 5.16. The van der Waals surface area contributed by atoms with Crippen molar-refractivity contribution in [1.82, 2.24) is 4.98 Å². The number of carboxylic acid groups (broad SMARTS) is 1. The van der Waals surface area contributed by atoms with Crippen molar-refractivity contribution in [3.8, 4) is 17.2 Å². The third kappa shape index (κ3) is 2.85. The van der Waals surface area contributed by atoms with Crippen LogP contribution in [0.4, 0.5) is 0 Å². The van der Waals surface area contributed by atoms with E-state index in [0.717, 1.165) is 0 Å². The molecule has 0 amide bonds. The molecule has 3 rings (SSSR count). The number of aromatic nitrogens is 1. The summed E-state index contributed by atoms with van der Waals surface area (Å²) >= 11 is 0. The van der Waals surface area contributed by atoms with E-state index >= 15 is 0 Å². The summed E-state index contributed by atoms with van der Waals surface area (Å²) in [6.07, 6.45) is 3.32. The Labute approximate surface area is 136 Å². The van der Waals surface area contributed by atoms with Gasteiger partial charge in [0.2, 0.25) is 0 Å². The number of aromatic carboxylic acids is 1. The van der Waals surface area contributed by atoms with Crippen LogP contribution in [0.2, 0.25) is 0 Å². The molecule has 120 valence electrons. The molecule has 0 spiro atoms. The van der Waals surface area contributed by atoms with Gasteiger partial charge in [0.25, 0.3) is 0 Å². The molecule has 0 unspecified atom stereocenters. The van der Waals surface area contributed by atoms with E-state index in [1.807, 2.05) is 0 Å². The van der Waals surface area contributed by atoms with Crippen molar-refractivity contribution >= 4 is 29.0 Å². The zero-order chi connectivity index (χ0) is 17.3. The predicted molar refractivity (Wildman–Crippen MR) is 89.1 cm³/mol. The summed E-state index contributed by atoms with van der Waals surface area (Å²) in [4.78, 5) is 15.3. The van der Waals surface area contributed by atoms with E-state index in [2.05, 4.69) is 4.98 Å². The summed E-state index contributed by atoms with van der Waals surface area (Å²) in [7, 11) is 0. The maximum atomic E-state index is 11.1. The topological polar surface area (TPSA) is 111 Å². The third-order valence-electron chi connectivity index (χ3n) is 3.53. The molecule has 0 aliphatic carbocycles. The van der Waals surface area contributed by atoms with Crippen LogP contribution in [0.3, 0.4) is 0 Å². The number of nitrogens with zero attached hydrogens (tertiary/aromatic N) is 1. The molecule has 0 saturated heterocycles. The van der Waals surface area contributed by atoms with E-state index in [0.29, 0.717) is 16.6 Å². The smallest absolute Gasteiger partial charge is 0.339 e. The van der Waals surface area contributed by atoms with Gasteiger partial charge in [0, 0.05) is 5.39 Å². The van der Waals surface area contributed by atoms with Crippen LogP contribution in [0.25, 0.3) is 23.1 Å². The Balaban J connectivity index is 2.00. The molecule has 0 aliphatic rings. The van der Waals surface area contributed by atoms with Gasteiger partial charge in [-0.1, -0.05) is 24.3 Å². The molecule has 24 heavy (non-hydrogen) atoms. The van der Waals surface area contributed by atoms with Gasteiger partial charge in [0.15, 0.2) is 17.2 Å². The van der Waals surface area contributed by atoms with Gasteiger partial charge >= 0.3 is 5.97 Å². The molecule has 0 atom stereocenters. The summed E-state index contributed by atoms with van der Waals surface area (Å²) in [5.41, 5.74) is 1.15. The summed E-state index contributed by atoms with van der Waals surface area (Å²) in [6.45, 7) is 0. The quantitative estimate of drug-likeness (QED) is 0.551. The maximum absolute atomic E-state index is 11.1. The molecule has 0 saturated carbocycles. The van der Waals surface area contributed by atoms with Crippen LogP contribution in [0.15, 0.2) is 42.5 Å². The van der Waals surface area contributed by atoms with E-state index in [-0.39, 0.29) is 28.3 Å². The van der Waals surface area contributed by atoms with Gasteiger partial charge in [-0.2, -0.15) is 0 Å². The number of phenols is 3. The van der Waals surface area contributed by atoms with E-state index in [1.54, 1.807) is 36.4 Å². The van der Waals surface area contributed by atoms with E-state index in [9.17, 15) is 20.1 Å². The predicted octanol–water partition coefficient (Wildman–Crippen LogP) is 3.22. The van der Waals surface area contributed by atoms with Gasteiger partial charge in [-0.25, -0.2) is 9.78 Å². The van der Waals surface area contributed by atoms with Crippen molar-refractivity contribution in [1.29, 1.82) is 0 Å². The van der Waals surface area contributed by atoms with Crippen LogP contribution in [0.1, 0.15) is 21.6 Å². The molecule has 0 radical (unpaired) electrons. The first kappa shape index (κ1) is 15.4. The highest BCUT2D eigenvalue weighted by molar-refractivity contribution is 5.99. The number of carboxylic acids is 1. The van der Waals surface area contributed by atoms with Gasteiger partial charge in [-0.3, -0.25) is 0 Å². The number of fused-ring (bicyclic) bond motifs is 1. The lowest BCUT2D eigenvalue weighted by molar-refractivity contribution is 0.0694. The lowest BCUT2D eigenvalue weighted by Crippen LogP contribution is -1.97. The first-order valence-electron chi connectivity index (χ1n) is 7.02. The number of phenolic OH excluding ortho intramolecular Hbond substituents is 2. The van der Waals surface area contributed by atoms with E-state index in [4.69, 9.17) is 5.11 Å². The van der Waals surface area contributed by atoms with Crippen LogP contribution < -0.4 is 0 Å². The highest BCUT2D eigenvalue weighted by Crippen LogP contribution is 2.28. The monoisotopic (exact) mass is 323 g/mol. The molecule has 6 nitrogen and oxygen atoms in total. The standard InChI is InChI=1S/C18H13NO5/c20-14-8-2-10(9-15(14)21)1-5-12-6-3-11-4-7-13(18(23)24)17(22)16(11)19-12/h1-9,20-22H,(H,23,24)/b5-1+. The van der Waals surface area contributed by atoms with Crippen LogP contribution in [-0.2, 0) is 0 Å². The molecule has 1 aromatic heterocycles. The normalized spacial score (nSPS) is 11.2. The number of rotatable bonds is 3. The highest BCUT2D eigenvalue weighted by Gasteiger charge is 2.13. The van der Waals surface area contributed by atoms with E-state index in [1.165, 1.54) is 18.2 Å². The minimum absolute atomic E-state index is 0.200. The number of hydrogen-bond donors (Lipinski definition) is 4. The molecule has 0 bridgehead atoms. The minimum Gasteiger partial charge on any atom is -0.505 e. The zero-order valence-electron chi connectivity index (χ0n) is 12.3. The summed E-state index contributed by atoms with van der Waals surface area (Å²) in [6, 6.07) is 10.7. The van der Waals surface area contributed by atoms with Crippen molar-refractivity contribution in [3.05, 3.63) is 59.3 Å². The van der Waals surface area contributed by atoms with Crippen LogP contribution >= 0.6 is 0 Å². The van der Waals surface area contributed by atoms with Crippen molar-refractivity contribution in [2.45, 2.75) is 0 Å². The van der Waals surface area contributed by atoms with Gasteiger partial charge in [0.05, 0.1) is 5.69 Å². The van der Waals surface area contributed by atoms with Gasteiger partial charge in [-0.05, 0) is 35.9 Å². The fourth-order valence-corrected chi connectivity index (χ4v) is 2.28. The average Bonchev–Trinajstić information content (AvgIpc) is 2.56. The Kier molecular flexibility index (Phi) is 3.79. The second-order valence-corrected chi connectivity index (χ2v) is 5.16. The fraction of sp³-hybridized carbons (Fsp3) is 0. The molecule has 3 aromatic rings. The number of carbonyl (C=O) groups is 1. The van der Waals surface area contributed by atoms with Crippen molar-refractivity contribution in [2.24, 2.45) is 0 Å². The third-order valence-corrected chi connectivity index (χ3v) is 3.53.